The van der Waals surface area contributed by atoms with Gasteiger partial charge in [0.2, 0.25) is 0 Å². The van der Waals surface area contributed by atoms with Crippen LogP contribution in [-0.4, -0.2) is 37.3 Å². The van der Waals surface area contributed by atoms with Crippen LogP contribution in [-0.2, 0) is 14.3 Å². The van der Waals surface area contributed by atoms with Gasteiger partial charge in [0.1, 0.15) is 5.25 Å². The maximum absolute atomic E-state index is 10.9. The summed E-state index contributed by atoms with van der Waals surface area (Å²) in [5.41, 5.74) is 0. The average molecular weight is 176 g/mol. The summed E-state index contributed by atoms with van der Waals surface area (Å²) in [5, 5.41) is 0.0603. The Hall–Kier alpha value is -0.220. The number of hydrogen-bond acceptors (Lipinski definition) is 4. The molecule has 1 saturated heterocycles. The van der Waals surface area contributed by atoms with Gasteiger partial charge in [0.05, 0.1) is 13.2 Å². The molecule has 1 fully saturated rings. The fourth-order valence-electron chi connectivity index (χ4n) is 0.902. The number of rotatable bonds is 4. The molecule has 64 valence electrons. The largest absolute Gasteiger partial charge is 0.465 e. The van der Waals surface area contributed by atoms with E-state index in [0.29, 0.717) is 13.2 Å². The monoisotopic (exact) mass is 176 g/mol. The zero-order valence-electron chi connectivity index (χ0n) is 6.54. The van der Waals surface area contributed by atoms with E-state index in [9.17, 15) is 4.79 Å². The predicted octanol–water partition coefficient (Wildman–Crippen LogP) is 0.681. The molecule has 0 spiro atoms. The lowest BCUT2D eigenvalue weighted by molar-refractivity contribution is -0.137. The van der Waals surface area contributed by atoms with Gasteiger partial charge < -0.3 is 9.47 Å². The third-order valence-electron chi connectivity index (χ3n) is 1.49. The quantitative estimate of drug-likeness (QED) is 0.466. The Labute approximate surface area is 70.4 Å². The predicted molar refractivity (Wildman–Crippen MR) is 43.7 cm³/mol. The van der Waals surface area contributed by atoms with Gasteiger partial charge in [0.15, 0.2) is 0 Å². The zero-order chi connectivity index (χ0) is 8.10. The Balaban J connectivity index is 2.10. The molecule has 0 saturated carbocycles. The second kappa shape index (κ2) is 4.62. The van der Waals surface area contributed by atoms with Crippen LogP contribution in [0, 0.1) is 0 Å². The van der Waals surface area contributed by atoms with Crippen molar-refractivity contribution in [3.05, 3.63) is 0 Å². The number of ether oxygens (including phenoxy) is 2. The molecule has 0 amide bonds. The molecular weight excluding hydrogens is 164 g/mol. The van der Waals surface area contributed by atoms with Crippen molar-refractivity contribution in [1.82, 2.24) is 0 Å². The molecule has 4 heteroatoms. The molecule has 1 heterocycles. The molecule has 1 atom stereocenters. The topological polar surface area (TPSA) is 35.5 Å². The molecule has 0 aliphatic carbocycles. The minimum atomic E-state index is -0.0638. The summed E-state index contributed by atoms with van der Waals surface area (Å²) in [6, 6.07) is 0. The lowest BCUT2D eigenvalue weighted by Crippen LogP contribution is -2.11. The molecule has 3 nitrogen and oxygen atoms in total. The number of thioether (sulfide) groups is 1. The maximum atomic E-state index is 10.9. The van der Waals surface area contributed by atoms with E-state index in [1.165, 1.54) is 0 Å². The molecule has 1 rings (SSSR count). The molecule has 1 aliphatic rings. The van der Waals surface area contributed by atoms with Crippen molar-refractivity contribution in [2.45, 2.75) is 11.7 Å². The van der Waals surface area contributed by atoms with Crippen LogP contribution in [0.5, 0.6) is 0 Å². The lowest BCUT2D eigenvalue weighted by atomic mass is 10.4. The van der Waals surface area contributed by atoms with Crippen LogP contribution in [0.2, 0.25) is 0 Å². The molecule has 11 heavy (non-hydrogen) atoms. The Bertz CT molecular complexity index is 138. The van der Waals surface area contributed by atoms with Crippen molar-refractivity contribution in [1.29, 1.82) is 0 Å². The van der Waals surface area contributed by atoms with Crippen LogP contribution in [0.15, 0.2) is 0 Å². The van der Waals surface area contributed by atoms with E-state index in [1.54, 1.807) is 18.9 Å². The van der Waals surface area contributed by atoms with E-state index < -0.39 is 0 Å². The average Bonchev–Trinajstić information content (AvgIpc) is 2.37. The molecule has 0 bridgehead atoms. The lowest BCUT2D eigenvalue weighted by Gasteiger charge is -2.03. The second-order valence-electron chi connectivity index (χ2n) is 2.31. The van der Waals surface area contributed by atoms with E-state index in [2.05, 4.69) is 0 Å². The summed E-state index contributed by atoms with van der Waals surface area (Å²) < 4.78 is 9.66. The van der Waals surface area contributed by atoms with Crippen molar-refractivity contribution in [2.24, 2.45) is 0 Å². The highest BCUT2D eigenvalue weighted by atomic mass is 32.2. The first-order valence-electron chi connectivity index (χ1n) is 3.62. The molecule has 0 aromatic rings. The number of carbonyl (C=O) groups excluding carboxylic acids is 1. The Morgan fingerprint density at radius 2 is 2.64 bits per heavy atom. The number of cyclic esters (lactones) is 1. The zero-order valence-corrected chi connectivity index (χ0v) is 7.36. The van der Waals surface area contributed by atoms with Crippen molar-refractivity contribution in [2.75, 3.05) is 26.1 Å². The van der Waals surface area contributed by atoms with Gasteiger partial charge in [-0.15, -0.1) is 11.8 Å². The Morgan fingerprint density at radius 3 is 3.18 bits per heavy atom. The Morgan fingerprint density at radius 1 is 1.82 bits per heavy atom. The molecule has 1 unspecified atom stereocenters. The number of hydrogen-bond donors (Lipinski definition) is 0. The summed E-state index contributed by atoms with van der Waals surface area (Å²) in [4.78, 5) is 10.9. The maximum Gasteiger partial charge on any atom is 0.319 e. The summed E-state index contributed by atoms with van der Waals surface area (Å²) in [5.74, 6) is 0.808. The highest BCUT2D eigenvalue weighted by Crippen LogP contribution is 2.21. The first-order chi connectivity index (χ1) is 5.34. The van der Waals surface area contributed by atoms with E-state index in [0.717, 1.165) is 12.2 Å². The number of carbonyl (C=O) groups is 1. The minimum absolute atomic E-state index is 0.0603. The van der Waals surface area contributed by atoms with Crippen molar-refractivity contribution in [3.8, 4) is 0 Å². The third kappa shape index (κ3) is 2.71. The Kier molecular flexibility index (Phi) is 3.72. The van der Waals surface area contributed by atoms with E-state index in [4.69, 9.17) is 9.47 Å². The van der Waals surface area contributed by atoms with E-state index in [-0.39, 0.29) is 11.2 Å². The number of methoxy groups -OCH3 is 1. The fraction of sp³-hybridized carbons (Fsp3) is 0.857. The third-order valence-corrected chi connectivity index (χ3v) is 2.73. The summed E-state index contributed by atoms with van der Waals surface area (Å²) in [7, 11) is 1.66. The highest BCUT2D eigenvalue weighted by molar-refractivity contribution is 8.00. The van der Waals surface area contributed by atoms with E-state index in [1.807, 2.05) is 0 Å². The van der Waals surface area contributed by atoms with Crippen LogP contribution in [0.25, 0.3) is 0 Å². The highest BCUT2D eigenvalue weighted by Gasteiger charge is 2.26. The van der Waals surface area contributed by atoms with Crippen LogP contribution in [0.1, 0.15) is 6.42 Å². The molecule has 1 aliphatic heterocycles. The first kappa shape index (κ1) is 8.87. The molecule has 0 aromatic carbocycles. The summed E-state index contributed by atoms with van der Waals surface area (Å²) in [6.45, 7) is 1.29. The minimum Gasteiger partial charge on any atom is -0.465 e. The van der Waals surface area contributed by atoms with Crippen LogP contribution in [0.3, 0.4) is 0 Å². The standard InChI is InChI=1S/C7H12O3S/c1-9-4-5-11-6-2-3-10-7(6)8/h6H,2-5H2,1H3. The SMILES string of the molecule is COCCSC1CCOC1=O. The fourth-order valence-corrected chi connectivity index (χ4v) is 1.92. The van der Waals surface area contributed by atoms with Crippen molar-refractivity contribution >= 4 is 17.7 Å². The van der Waals surface area contributed by atoms with Gasteiger partial charge in [-0.3, -0.25) is 4.79 Å². The van der Waals surface area contributed by atoms with Crippen molar-refractivity contribution < 1.29 is 14.3 Å². The summed E-state index contributed by atoms with van der Waals surface area (Å²) in [6.07, 6.45) is 0.854. The van der Waals surface area contributed by atoms with Gasteiger partial charge in [0, 0.05) is 19.3 Å². The van der Waals surface area contributed by atoms with E-state index >= 15 is 0 Å². The van der Waals surface area contributed by atoms with Gasteiger partial charge in [-0.1, -0.05) is 0 Å². The van der Waals surface area contributed by atoms with Gasteiger partial charge in [-0.25, -0.2) is 0 Å². The molecular formula is C7H12O3S. The van der Waals surface area contributed by atoms with Crippen LogP contribution >= 0.6 is 11.8 Å². The van der Waals surface area contributed by atoms with Crippen molar-refractivity contribution in [3.63, 3.8) is 0 Å². The van der Waals surface area contributed by atoms with Gasteiger partial charge in [0.25, 0.3) is 0 Å². The van der Waals surface area contributed by atoms with Crippen LogP contribution in [0.4, 0.5) is 0 Å². The number of esters is 1. The molecule has 0 N–H and O–H groups in total. The van der Waals surface area contributed by atoms with Gasteiger partial charge >= 0.3 is 5.97 Å². The normalized spacial score (nSPS) is 23.7. The van der Waals surface area contributed by atoms with Gasteiger partial charge in [-0.05, 0) is 0 Å². The van der Waals surface area contributed by atoms with Crippen LogP contribution < -0.4 is 0 Å². The molecule has 0 aromatic heterocycles. The van der Waals surface area contributed by atoms with Gasteiger partial charge in [-0.2, -0.15) is 0 Å². The smallest absolute Gasteiger partial charge is 0.319 e. The summed E-state index contributed by atoms with van der Waals surface area (Å²) >= 11 is 1.62. The first-order valence-corrected chi connectivity index (χ1v) is 4.66. The second-order valence-corrected chi connectivity index (χ2v) is 3.62. The molecule has 0 radical (unpaired) electrons.